The van der Waals surface area contributed by atoms with Crippen LogP contribution in [0, 0.1) is 0 Å². The van der Waals surface area contributed by atoms with E-state index in [4.69, 9.17) is 20.9 Å². The van der Waals surface area contributed by atoms with Gasteiger partial charge in [0.2, 0.25) is 5.82 Å². The third kappa shape index (κ3) is 2.97. The Morgan fingerprint density at radius 3 is 2.70 bits per heavy atom. The van der Waals surface area contributed by atoms with Gasteiger partial charge in [0.25, 0.3) is 5.89 Å². The topological polar surface area (TPSA) is 48.2 Å². The number of hydrogen-bond donors (Lipinski definition) is 0. The van der Waals surface area contributed by atoms with E-state index in [9.17, 15) is 0 Å². The SMILES string of the molecule is Clc1cccc(OCc2noc(-c3ccccc3)n2)c1. The van der Waals surface area contributed by atoms with Gasteiger partial charge in [0.1, 0.15) is 5.75 Å². The number of ether oxygens (including phenoxy) is 1. The zero-order chi connectivity index (χ0) is 13.8. The maximum absolute atomic E-state index is 5.88. The van der Waals surface area contributed by atoms with Gasteiger partial charge >= 0.3 is 0 Å². The van der Waals surface area contributed by atoms with E-state index in [1.54, 1.807) is 12.1 Å². The molecule has 0 aliphatic heterocycles. The molecule has 3 aromatic rings. The molecule has 0 aliphatic carbocycles. The maximum Gasteiger partial charge on any atom is 0.258 e. The van der Waals surface area contributed by atoms with E-state index in [-0.39, 0.29) is 6.61 Å². The van der Waals surface area contributed by atoms with Crippen molar-refractivity contribution in [1.82, 2.24) is 10.1 Å². The molecule has 1 heterocycles. The van der Waals surface area contributed by atoms with E-state index in [0.717, 1.165) is 5.56 Å². The molecular weight excluding hydrogens is 276 g/mol. The summed E-state index contributed by atoms with van der Waals surface area (Å²) in [5.41, 5.74) is 0.883. The van der Waals surface area contributed by atoms with Gasteiger partial charge in [-0.15, -0.1) is 0 Å². The van der Waals surface area contributed by atoms with Crippen LogP contribution in [0.4, 0.5) is 0 Å². The highest BCUT2D eigenvalue weighted by atomic mass is 35.5. The molecule has 4 nitrogen and oxygen atoms in total. The molecule has 0 saturated heterocycles. The number of benzene rings is 2. The van der Waals surface area contributed by atoms with Crippen LogP contribution in [0.5, 0.6) is 5.75 Å². The molecule has 0 spiro atoms. The predicted octanol–water partition coefficient (Wildman–Crippen LogP) is 3.97. The summed E-state index contributed by atoms with van der Waals surface area (Å²) in [5, 5.41) is 4.51. The second-order valence-corrected chi connectivity index (χ2v) is 4.56. The van der Waals surface area contributed by atoms with Gasteiger partial charge in [-0.25, -0.2) is 0 Å². The molecule has 0 radical (unpaired) electrons. The van der Waals surface area contributed by atoms with Crippen LogP contribution < -0.4 is 4.74 Å². The Kier molecular flexibility index (Phi) is 3.65. The van der Waals surface area contributed by atoms with Crippen LogP contribution in [0.2, 0.25) is 5.02 Å². The second kappa shape index (κ2) is 5.75. The second-order valence-electron chi connectivity index (χ2n) is 4.13. The maximum atomic E-state index is 5.88. The predicted molar refractivity (Wildman–Crippen MR) is 75.5 cm³/mol. The van der Waals surface area contributed by atoms with Gasteiger partial charge in [-0.05, 0) is 30.3 Å². The lowest BCUT2D eigenvalue weighted by atomic mass is 10.2. The lowest BCUT2D eigenvalue weighted by Crippen LogP contribution is -1.97. The van der Waals surface area contributed by atoms with Crippen molar-refractivity contribution in [2.75, 3.05) is 0 Å². The Bertz CT molecular complexity index is 698. The minimum absolute atomic E-state index is 0.233. The zero-order valence-corrected chi connectivity index (χ0v) is 11.2. The smallest absolute Gasteiger partial charge is 0.258 e. The first-order valence-corrected chi connectivity index (χ1v) is 6.45. The summed E-state index contributed by atoms with van der Waals surface area (Å²) in [6.45, 7) is 0.233. The molecule has 0 atom stereocenters. The average molecular weight is 287 g/mol. The monoisotopic (exact) mass is 286 g/mol. The molecule has 5 heteroatoms. The van der Waals surface area contributed by atoms with Crippen molar-refractivity contribution in [1.29, 1.82) is 0 Å². The highest BCUT2D eigenvalue weighted by Gasteiger charge is 2.08. The van der Waals surface area contributed by atoms with Crippen molar-refractivity contribution in [3.05, 3.63) is 65.4 Å². The van der Waals surface area contributed by atoms with Crippen LogP contribution in [-0.2, 0) is 6.61 Å². The number of aromatic nitrogens is 2. The van der Waals surface area contributed by atoms with E-state index in [1.165, 1.54) is 0 Å². The van der Waals surface area contributed by atoms with E-state index >= 15 is 0 Å². The van der Waals surface area contributed by atoms with Crippen LogP contribution in [0.3, 0.4) is 0 Å². The fourth-order valence-electron chi connectivity index (χ4n) is 1.72. The molecule has 0 amide bonds. The Hall–Kier alpha value is -2.33. The number of halogens is 1. The van der Waals surface area contributed by atoms with Crippen LogP contribution in [0.25, 0.3) is 11.5 Å². The summed E-state index contributed by atoms with van der Waals surface area (Å²) >= 11 is 5.88. The lowest BCUT2D eigenvalue weighted by molar-refractivity contribution is 0.287. The Balaban J connectivity index is 1.69. The fourth-order valence-corrected chi connectivity index (χ4v) is 1.90. The van der Waals surface area contributed by atoms with Crippen molar-refractivity contribution in [2.24, 2.45) is 0 Å². The average Bonchev–Trinajstić information content (AvgIpc) is 2.95. The third-order valence-electron chi connectivity index (χ3n) is 2.65. The highest BCUT2D eigenvalue weighted by Crippen LogP contribution is 2.19. The van der Waals surface area contributed by atoms with Gasteiger partial charge < -0.3 is 9.26 Å². The summed E-state index contributed by atoms with van der Waals surface area (Å²) in [5.74, 6) is 1.64. The van der Waals surface area contributed by atoms with Crippen molar-refractivity contribution in [2.45, 2.75) is 6.61 Å². The van der Waals surface area contributed by atoms with E-state index in [0.29, 0.717) is 22.5 Å². The first kappa shape index (κ1) is 12.7. The largest absolute Gasteiger partial charge is 0.485 e. The molecule has 0 bridgehead atoms. The standard InChI is InChI=1S/C15H11ClN2O2/c16-12-7-4-8-13(9-12)19-10-14-17-15(20-18-14)11-5-2-1-3-6-11/h1-9H,10H2. The Morgan fingerprint density at radius 1 is 1.05 bits per heavy atom. The van der Waals surface area contributed by atoms with Gasteiger partial charge in [-0.1, -0.05) is 41.0 Å². The molecule has 2 aromatic carbocycles. The van der Waals surface area contributed by atoms with Gasteiger partial charge in [-0.2, -0.15) is 4.98 Å². The molecular formula is C15H11ClN2O2. The number of hydrogen-bond acceptors (Lipinski definition) is 4. The zero-order valence-electron chi connectivity index (χ0n) is 10.5. The minimum Gasteiger partial charge on any atom is -0.485 e. The molecule has 0 saturated carbocycles. The van der Waals surface area contributed by atoms with Crippen LogP contribution in [0.15, 0.2) is 59.1 Å². The Morgan fingerprint density at radius 2 is 1.90 bits per heavy atom. The highest BCUT2D eigenvalue weighted by molar-refractivity contribution is 6.30. The van der Waals surface area contributed by atoms with Crippen molar-refractivity contribution >= 4 is 11.6 Å². The molecule has 20 heavy (non-hydrogen) atoms. The first-order valence-electron chi connectivity index (χ1n) is 6.07. The third-order valence-corrected chi connectivity index (χ3v) is 2.89. The van der Waals surface area contributed by atoms with Crippen LogP contribution in [-0.4, -0.2) is 10.1 Å². The van der Waals surface area contributed by atoms with Gasteiger partial charge in [0.15, 0.2) is 6.61 Å². The molecule has 0 aliphatic rings. The molecule has 100 valence electrons. The fraction of sp³-hybridized carbons (Fsp3) is 0.0667. The van der Waals surface area contributed by atoms with E-state index < -0.39 is 0 Å². The molecule has 1 aromatic heterocycles. The lowest BCUT2D eigenvalue weighted by Gasteiger charge is -2.02. The van der Waals surface area contributed by atoms with Gasteiger partial charge in [-0.3, -0.25) is 0 Å². The van der Waals surface area contributed by atoms with Crippen LogP contribution in [0.1, 0.15) is 5.82 Å². The summed E-state index contributed by atoms with van der Waals surface area (Å²) < 4.78 is 10.7. The summed E-state index contributed by atoms with van der Waals surface area (Å²) in [6, 6.07) is 16.8. The first-order chi connectivity index (χ1) is 9.81. The van der Waals surface area contributed by atoms with Gasteiger partial charge in [0, 0.05) is 10.6 Å². The van der Waals surface area contributed by atoms with Crippen molar-refractivity contribution in [3.63, 3.8) is 0 Å². The van der Waals surface area contributed by atoms with E-state index in [1.807, 2.05) is 42.5 Å². The van der Waals surface area contributed by atoms with Crippen molar-refractivity contribution < 1.29 is 9.26 Å². The quantitative estimate of drug-likeness (QED) is 0.728. The summed E-state index contributed by atoms with van der Waals surface area (Å²) in [4.78, 5) is 4.28. The number of rotatable bonds is 4. The summed E-state index contributed by atoms with van der Waals surface area (Å²) in [7, 11) is 0. The molecule has 0 fully saturated rings. The van der Waals surface area contributed by atoms with Gasteiger partial charge in [0.05, 0.1) is 0 Å². The summed E-state index contributed by atoms with van der Waals surface area (Å²) in [6.07, 6.45) is 0. The number of nitrogens with zero attached hydrogens (tertiary/aromatic N) is 2. The van der Waals surface area contributed by atoms with Crippen LogP contribution >= 0.6 is 11.6 Å². The Labute approximate surface area is 121 Å². The molecule has 0 unspecified atom stereocenters. The van der Waals surface area contributed by atoms with Crippen molar-refractivity contribution in [3.8, 4) is 17.2 Å². The molecule has 3 rings (SSSR count). The molecule has 0 N–H and O–H groups in total. The normalized spacial score (nSPS) is 10.4. The van der Waals surface area contributed by atoms with E-state index in [2.05, 4.69) is 10.1 Å². The minimum atomic E-state index is 0.233.